The number of aliphatic imine (C=N–C) groups is 1. The third kappa shape index (κ3) is 5.75. The maximum Gasteiger partial charge on any atom is 0.191 e. The lowest BCUT2D eigenvalue weighted by Crippen LogP contribution is -2.56. The number of fused-ring (bicyclic) bond motifs is 1. The molecule has 1 aromatic carbocycles. The van der Waals surface area contributed by atoms with Crippen molar-refractivity contribution < 1.29 is 14.2 Å². The Hall–Kier alpha value is -1.99. The van der Waals surface area contributed by atoms with E-state index < -0.39 is 0 Å². The van der Waals surface area contributed by atoms with Crippen LogP contribution >= 0.6 is 0 Å². The van der Waals surface area contributed by atoms with Gasteiger partial charge in [-0.1, -0.05) is 6.07 Å². The first-order chi connectivity index (χ1) is 13.6. The SMILES string of the molecule is CCNC(=NCc1ccc2c(c1)OCCCO2)NCC(C)(C)N1CCOCC1. The van der Waals surface area contributed by atoms with Gasteiger partial charge in [0.05, 0.1) is 33.0 Å². The predicted octanol–water partition coefficient (Wildman–Crippen LogP) is 2.01. The van der Waals surface area contributed by atoms with Crippen molar-refractivity contribution in [3.63, 3.8) is 0 Å². The van der Waals surface area contributed by atoms with Gasteiger partial charge in [0.25, 0.3) is 0 Å². The van der Waals surface area contributed by atoms with Gasteiger partial charge in [0.2, 0.25) is 0 Å². The van der Waals surface area contributed by atoms with Gasteiger partial charge in [0, 0.05) is 38.1 Å². The van der Waals surface area contributed by atoms with E-state index in [0.29, 0.717) is 19.8 Å². The second-order valence-electron chi connectivity index (χ2n) is 7.79. The van der Waals surface area contributed by atoms with Gasteiger partial charge in [-0.25, -0.2) is 4.99 Å². The minimum Gasteiger partial charge on any atom is -0.490 e. The number of morpholine rings is 1. The molecule has 3 rings (SSSR count). The second-order valence-corrected chi connectivity index (χ2v) is 7.79. The van der Waals surface area contributed by atoms with E-state index in [9.17, 15) is 0 Å². The van der Waals surface area contributed by atoms with E-state index in [4.69, 9.17) is 19.2 Å². The Morgan fingerprint density at radius 3 is 2.57 bits per heavy atom. The van der Waals surface area contributed by atoms with Gasteiger partial charge in [0.1, 0.15) is 0 Å². The minimum atomic E-state index is 0.0369. The largest absolute Gasteiger partial charge is 0.490 e. The van der Waals surface area contributed by atoms with E-state index in [-0.39, 0.29) is 5.54 Å². The number of guanidine groups is 1. The molecule has 7 nitrogen and oxygen atoms in total. The van der Waals surface area contributed by atoms with Crippen LogP contribution in [0.15, 0.2) is 23.2 Å². The number of nitrogens with zero attached hydrogens (tertiary/aromatic N) is 2. The zero-order chi connectivity index (χ0) is 19.8. The molecule has 2 aliphatic rings. The number of benzene rings is 1. The van der Waals surface area contributed by atoms with Crippen molar-refractivity contribution >= 4 is 5.96 Å². The molecule has 28 heavy (non-hydrogen) atoms. The number of ether oxygens (including phenoxy) is 3. The Bertz CT molecular complexity index is 657. The standard InChI is InChI=1S/C21H34N4O3/c1-4-22-20(24-16-21(2,3)25-8-12-26-13-9-25)23-15-17-6-7-18-19(14-17)28-11-5-10-27-18/h6-7,14H,4-5,8-13,15-16H2,1-3H3,(H2,22,23,24). The molecule has 7 heteroatoms. The molecule has 2 N–H and O–H groups in total. The minimum absolute atomic E-state index is 0.0369. The highest BCUT2D eigenvalue weighted by Crippen LogP contribution is 2.30. The summed E-state index contributed by atoms with van der Waals surface area (Å²) < 4.78 is 17.0. The van der Waals surface area contributed by atoms with Crippen molar-refractivity contribution in [2.45, 2.75) is 39.3 Å². The maximum atomic E-state index is 5.78. The van der Waals surface area contributed by atoms with Gasteiger partial charge in [-0.15, -0.1) is 0 Å². The number of rotatable bonds is 6. The average Bonchev–Trinajstić information content (AvgIpc) is 2.96. The first-order valence-electron chi connectivity index (χ1n) is 10.3. The lowest BCUT2D eigenvalue weighted by Gasteiger charge is -2.41. The van der Waals surface area contributed by atoms with Crippen molar-refractivity contribution in [1.82, 2.24) is 15.5 Å². The molecule has 2 aliphatic heterocycles. The summed E-state index contributed by atoms with van der Waals surface area (Å²) in [5.41, 5.74) is 1.14. The van der Waals surface area contributed by atoms with Crippen LogP contribution in [0.3, 0.4) is 0 Å². The smallest absolute Gasteiger partial charge is 0.191 e. The summed E-state index contributed by atoms with van der Waals surface area (Å²) in [4.78, 5) is 7.23. The van der Waals surface area contributed by atoms with Gasteiger partial charge in [0.15, 0.2) is 17.5 Å². The molecule has 0 unspecified atom stereocenters. The quantitative estimate of drug-likeness (QED) is 0.572. The monoisotopic (exact) mass is 390 g/mol. The maximum absolute atomic E-state index is 5.78. The van der Waals surface area contributed by atoms with Gasteiger partial charge >= 0.3 is 0 Å². The van der Waals surface area contributed by atoms with Crippen LogP contribution in [-0.4, -0.2) is 69.0 Å². The highest BCUT2D eigenvalue weighted by atomic mass is 16.5. The van der Waals surface area contributed by atoms with Gasteiger partial charge in [-0.05, 0) is 38.5 Å². The Balaban J connectivity index is 1.60. The number of nitrogens with one attached hydrogen (secondary N) is 2. The Kier molecular flexibility index (Phi) is 7.39. The van der Waals surface area contributed by atoms with Crippen LogP contribution in [0.4, 0.5) is 0 Å². The molecule has 1 fully saturated rings. The topological polar surface area (TPSA) is 67.4 Å². The molecule has 0 spiro atoms. The molecule has 156 valence electrons. The van der Waals surface area contributed by atoms with Crippen LogP contribution in [0.2, 0.25) is 0 Å². The summed E-state index contributed by atoms with van der Waals surface area (Å²) in [6.07, 6.45) is 0.912. The molecule has 1 saturated heterocycles. The first kappa shape index (κ1) is 20.7. The fourth-order valence-corrected chi connectivity index (χ4v) is 3.40. The molecule has 0 aliphatic carbocycles. The summed E-state index contributed by atoms with van der Waals surface area (Å²) in [7, 11) is 0. The van der Waals surface area contributed by atoms with Crippen molar-refractivity contribution in [1.29, 1.82) is 0 Å². The third-order valence-corrected chi connectivity index (χ3v) is 5.13. The van der Waals surface area contributed by atoms with E-state index in [1.807, 2.05) is 12.1 Å². The van der Waals surface area contributed by atoms with E-state index in [2.05, 4.69) is 42.4 Å². The molecular weight excluding hydrogens is 356 g/mol. The number of hydrogen-bond donors (Lipinski definition) is 2. The normalized spacial score (nSPS) is 18.5. The molecule has 1 aromatic rings. The summed E-state index contributed by atoms with van der Waals surface area (Å²) in [5.74, 6) is 2.47. The van der Waals surface area contributed by atoms with Crippen molar-refractivity contribution in [3.8, 4) is 11.5 Å². The Morgan fingerprint density at radius 1 is 1.07 bits per heavy atom. The van der Waals surface area contributed by atoms with Gasteiger partial charge < -0.3 is 24.8 Å². The Labute approximate surface area is 168 Å². The van der Waals surface area contributed by atoms with Crippen molar-refractivity contribution in [2.24, 2.45) is 4.99 Å². The first-order valence-corrected chi connectivity index (χ1v) is 10.3. The molecule has 0 saturated carbocycles. The highest BCUT2D eigenvalue weighted by Gasteiger charge is 2.28. The van der Waals surface area contributed by atoms with Gasteiger partial charge in [-0.3, -0.25) is 4.90 Å². The van der Waals surface area contributed by atoms with Crippen LogP contribution in [0, 0.1) is 0 Å². The molecule has 0 atom stereocenters. The molecule has 0 amide bonds. The third-order valence-electron chi connectivity index (χ3n) is 5.13. The molecule has 0 radical (unpaired) electrons. The Morgan fingerprint density at radius 2 is 1.82 bits per heavy atom. The summed E-state index contributed by atoms with van der Waals surface area (Å²) in [6.45, 7) is 13.8. The van der Waals surface area contributed by atoms with E-state index in [1.165, 1.54) is 0 Å². The summed E-state index contributed by atoms with van der Waals surface area (Å²) in [5, 5.41) is 6.84. The van der Waals surface area contributed by atoms with Crippen molar-refractivity contribution in [3.05, 3.63) is 23.8 Å². The fourth-order valence-electron chi connectivity index (χ4n) is 3.40. The fraction of sp³-hybridized carbons (Fsp3) is 0.667. The van der Waals surface area contributed by atoms with Crippen molar-refractivity contribution in [2.75, 3.05) is 52.6 Å². The summed E-state index contributed by atoms with van der Waals surface area (Å²) in [6, 6.07) is 6.07. The summed E-state index contributed by atoms with van der Waals surface area (Å²) >= 11 is 0. The molecule has 0 aromatic heterocycles. The molecular formula is C21H34N4O3. The van der Waals surface area contributed by atoms with Crippen LogP contribution in [-0.2, 0) is 11.3 Å². The van der Waals surface area contributed by atoms with Crippen LogP contribution in [0.25, 0.3) is 0 Å². The zero-order valence-corrected chi connectivity index (χ0v) is 17.4. The zero-order valence-electron chi connectivity index (χ0n) is 17.4. The molecule has 0 bridgehead atoms. The average molecular weight is 391 g/mol. The van der Waals surface area contributed by atoms with Crippen LogP contribution in [0.5, 0.6) is 11.5 Å². The van der Waals surface area contributed by atoms with E-state index in [1.54, 1.807) is 0 Å². The van der Waals surface area contributed by atoms with Gasteiger partial charge in [-0.2, -0.15) is 0 Å². The van der Waals surface area contributed by atoms with Crippen LogP contribution < -0.4 is 20.1 Å². The van der Waals surface area contributed by atoms with Crippen LogP contribution in [0.1, 0.15) is 32.8 Å². The molecule has 2 heterocycles. The number of hydrogen-bond acceptors (Lipinski definition) is 5. The highest BCUT2D eigenvalue weighted by molar-refractivity contribution is 5.79. The predicted molar refractivity (Wildman–Crippen MR) is 111 cm³/mol. The van der Waals surface area contributed by atoms with E-state index in [0.717, 1.165) is 68.8 Å². The lowest BCUT2D eigenvalue weighted by molar-refractivity contribution is -0.00834. The second kappa shape index (κ2) is 9.98. The van der Waals surface area contributed by atoms with E-state index >= 15 is 0 Å². The lowest BCUT2D eigenvalue weighted by atomic mass is 10.0.